The van der Waals surface area contributed by atoms with E-state index in [-0.39, 0.29) is 17.1 Å². The highest BCUT2D eigenvalue weighted by Gasteiger charge is 2.42. The molecule has 0 saturated heterocycles. The first-order valence-corrected chi connectivity index (χ1v) is 10.0. The minimum absolute atomic E-state index is 0.139. The predicted octanol–water partition coefficient (Wildman–Crippen LogP) is 4.25. The molecule has 0 saturated carbocycles. The van der Waals surface area contributed by atoms with Crippen LogP contribution in [-0.4, -0.2) is 42.9 Å². The fraction of sp³-hybridized carbons (Fsp3) is 0.304. The summed E-state index contributed by atoms with van der Waals surface area (Å²) in [6.45, 7) is 3.40. The number of aryl methyl sites for hydroxylation is 1. The number of amides is 1. The molecule has 1 unspecified atom stereocenters. The highest BCUT2D eigenvalue weighted by molar-refractivity contribution is 6.31. The number of carbonyl (C=O) groups excluding carboxylic acids is 1. The normalized spacial score (nSPS) is 16.1. The maximum Gasteiger partial charge on any atom is 0.290 e. The van der Waals surface area contributed by atoms with Crippen LogP contribution in [0.3, 0.4) is 0 Å². The van der Waals surface area contributed by atoms with E-state index in [9.17, 15) is 9.59 Å². The first-order valence-electron chi connectivity index (χ1n) is 9.65. The first-order chi connectivity index (χ1) is 13.9. The summed E-state index contributed by atoms with van der Waals surface area (Å²) in [5.41, 5.74) is 2.61. The van der Waals surface area contributed by atoms with Crippen LogP contribution in [0, 0.1) is 6.92 Å². The van der Waals surface area contributed by atoms with Gasteiger partial charge in [-0.05, 0) is 57.7 Å². The number of rotatable bonds is 5. The highest BCUT2D eigenvalue weighted by Crippen LogP contribution is 2.38. The van der Waals surface area contributed by atoms with Crippen molar-refractivity contribution in [2.75, 3.05) is 27.2 Å². The molecule has 150 valence electrons. The van der Waals surface area contributed by atoms with E-state index in [4.69, 9.17) is 16.0 Å². The molecule has 1 aromatic heterocycles. The number of hydrogen-bond donors (Lipinski definition) is 0. The molecule has 1 aliphatic heterocycles. The van der Waals surface area contributed by atoms with Crippen LogP contribution in [-0.2, 0) is 0 Å². The summed E-state index contributed by atoms with van der Waals surface area (Å²) in [6.07, 6.45) is 0.800. The molecule has 0 N–H and O–H groups in total. The number of hydrogen-bond acceptors (Lipinski definition) is 4. The molecule has 29 heavy (non-hydrogen) atoms. The van der Waals surface area contributed by atoms with Gasteiger partial charge in [0, 0.05) is 11.6 Å². The van der Waals surface area contributed by atoms with Crippen molar-refractivity contribution in [1.29, 1.82) is 0 Å². The van der Waals surface area contributed by atoms with Gasteiger partial charge in [0.05, 0.1) is 17.0 Å². The molecule has 0 radical (unpaired) electrons. The molecule has 6 heteroatoms. The van der Waals surface area contributed by atoms with E-state index in [1.165, 1.54) is 0 Å². The SMILES string of the molecule is Cc1ccc(C2c3c(oc4ccc(Cl)cc4c3=O)C(=O)N2CCCN(C)C)cc1. The average molecular weight is 411 g/mol. The Hall–Kier alpha value is -2.63. The first kappa shape index (κ1) is 19.7. The van der Waals surface area contributed by atoms with E-state index in [0.29, 0.717) is 28.1 Å². The number of fused-ring (bicyclic) bond motifs is 2. The second kappa shape index (κ2) is 7.65. The minimum atomic E-state index is -0.458. The van der Waals surface area contributed by atoms with E-state index >= 15 is 0 Å². The largest absolute Gasteiger partial charge is 0.450 e. The molecule has 2 aromatic carbocycles. The van der Waals surface area contributed by atoms with E-state index in [1.807, 2.05) is 45.3 Å². The van der Waals surface area contributed by atoms with E-state index in [2.05, 4.69) is 4.90 Å². The van der Waals surface area contributed by atoms with E-state index < -0.39 is 6.04 Å². The fourth-order valence-electron chi connectivity index (χ4n) is 3.88. The summed E-state index contributed by atoms with van der Waals surface area (Å²) in [5, 5.41) is 0.861. The van der Waals surface area contributed by atoms with Gasteiger partial charge in [-0.2, -0.15) is 0 Å². The third-order valence-electron chi connectivity index (χ3n) is 5.33. The Kier molecular flexibility index (Phi) is 5.19. The number of carbonyl (C=O) groups is 1. The second-order valence-electron chi connectivity index (χ2n) is 7.78. The monoisotopic (exact) mass is 410 g/mol. The average Bonchev–Trinajstić information content (AvgIpc) is 2.95. The van der Waals surface area contributed by atoms with Gasteiger partial charge in [-0.25, -0.2) is 0 Å². The maximum absolute atomic E-state index is 13.4. The fourth-order valence-corrected chi connectivity index (χ4v) is 4.05. The standard InChI is InChI=1S/C23H23ClN2O3/c1-14-5-7-15(8-6-14)20-19-21(27)17-13-16(24)9-10-18(17)29-22(19)23(28)26(20)12-4-11-25(2)3/h5-10,13,20H,4,11-12H2,1-3H3. The van der Waals surface area contributed by atoms with Gasteiger partial charge < -0.3 is 14.2 Å². The molecule has 1 amide bonds. The van der Waals surface area contributed by atoms with Gasteiger partial charge in [-0.3, -0.25) is 9.59 Å². The summed E-state index contributed by atoms with van der Waals surface area (Å²) in [7, 11) is 4.00. The zero-order valence-electron chi connectivity index (χ0n) is 16.7. The molecule has 0 aliphatic carbocycles. The molecular formula is C23H23ClN2O3. The minimum Gasteiger partial charge on any atom is -0.450 e. The van der Waals surface area contributed by atoms with Gasteiger partial charge in [0.25, 0.3) is 5.91 Å². The van der Waals surface area contributed by atoms with Crippen LogP contribution in [0.2, 0.25) is 5.02 Å². The molecular weight excluding hydrogens is 388 g/mol. The van der Waals surface area contributed by atoms with Crippen LogP contribution in [0.4, 0.5) is 0 Å². The van der Waals surface area contributed by atoms with Gasteiger partial charge in [-0.15, -0.1) is 0 Å². The second-order valence-corrected chi connectivity index (χ2v) is 8.22. The van der Waals surface area contributed by atoms with Crippen molar-refractivity contribution >= 4 is 28.5 Å². The lowest BCUT2D eigenvalue weighted by molar-refractivity contribution is 0.0722. The van der Waals surface area contributed by atoms with Crippen molar-refractivity contribution in [3.8, 4) is 0 Å². The van der Waals surface area contributed by atoms with Crippen molar-refractivity contribution in [2.45, 2.75) is 19.4 Å². The molecule has 0 bridgehead atoms. The van der Waals surface area contributed by atoms with Crippen LogP contribution in [0.25, 0.3) is 11.0 Å². The van der Waals surface area contributed by atoms with Crippen molar-refractivity contribution in [3.05, 3.63) is 80.2 Å². The summed E-state index contributed by atoms with van der Waals surface area (Å²) >= 11 is 6.11. The van der Waals surface area contributed by atoms with Crippen molar-refractivity contribution < 1.29 is 9.21 Å². The Morgan fingerprint density at radius 2 is 1.83 bits per heavy atom. The smallest absolute Gasteiger partial charge is 0.290 e. The number of halogens is 1. The summed E-state index contributed by atoms with van der Waals surface area (Å²) < 4.78 is 5.93. The van der Waals surface area contributed by atoms with Gasteiger partial charge in [0.1, 0.15) is 5.58 Å². The Labute approximate surface area is 174 Å². The molecule has 5 nitrogen and oxygen atoms in total. The zero-order chi connectivity index (χ0) is 20.7. The Bertz CT molecular complexity index is 1140. The molecule has 0 fully saturated rings. The molecule has 1 atom stereocenters. The van der Waals surface area contributed by atoms with Crippen LogP contribution < -0.4 is 5.43 Å². The highest BCUT2D eigenvalue weighted by atomic mass is 35.5. The lowest BCUT2D eigenvalue weighted by Gasteiger charge is -2.25. The molecule has 0 spiro atoms. The van der Waals surface area contributed by atoms with Crippen LogP contribution >= 0.6 is 11.6 Å². The van der Waals surface area contributed by atoms with Gasteiger partial charge in [0.2, 0.25) is 5.76 Å². The summed E-state index contributed by atoms with van der Waals surface area (Å²) in [4.78, 5) is 30.5. The predicted molar refractivity (Wildman–Crippen MR) is 115 cm³/mol. The Morgan fingerprint density at radius 3 is 2.52 bits per heavy atom. The summed E-state index contributed by atoms with van der Waals surface area (Å²) in [5.74, 6) is -0.0986. The van der Waals surface area contributed by atoms with Crippen LogP contribution in [0.15, 0.2) is 51.7 Å². The molecule has 1 aliphatic rings. The van der Waals surface area contributed by atoms with Crippen LogP contribution in [0.1, 0.15) is 39.7 Å². The molecule has 2 heterocycles. The summed E-state index contributed by atoms with van der Waals surface area (Å²) in [6, 6.07) is 12.4. The zero-order valence-corrected chi connectivity index (χ0v) is 17.5. The Morgan fingerprint density at radius 1 is 1.10 bits per heavy atom. The van der Waals surface area contributed by atoms with Crippen LogP contribution in [0.5, 0.6) is 0 Å². The van der Waals surface area contributed by atoms with Crippen molar-refractivity contribution in [1.82, 2.24) is 9.80 Å². The lowest BCUT2D eigenvalue weighted by Crippen LogP contribution is -2.32. The topological polar surface area (TPSA) is 53.8 Å². The third kappa shape index (κ3) is 3.56. The van der Waals surface area contributed by atoms with Crippen molar-refractivity contribution in [3.63, 3.8) is 0 Å². The van der Waals surface area contributed by atoms with Crippen molar-refractivity contribution in [2.24, 2.45) is 0 Å². The quantitative estimate of drug-likeness (QED) is 0.631. The van der Waals surface area contributed by atoms with E-state index in [1.54, 1.807) is 23.1 Å². The number of benzene rings is 2. The van der Waals surface area contributed by atoms with Gasteiger partial charge in [-0.1, -0.05) is 41.4 Å². The number of nitrogens with zero attached hydrogens (tertiary/aromatic N) is 2. The Balaban J connectivity index is 1.88. The third-order valence-corrected chi connectivity index (χ3v) is 5.56. The molecule has 3 aromatic rings. The molecule has 4 rings (SSSR count). The lowest BCUT2D eigenvalue weighted by atomic mass is 9.97. The maximum atomic E-state index is 13.4. The van der Waals surface area contributed by atoms with Gasteiger partial charge in [0.15, 0.2) is 5.43 Å². The van der Waals surface area contributed by atoms with E-state index in [0.717, 1.165) is 24.1 Å². The van der Waals surface area contributed by atoms with Gasteiger partial charge >= 0.3 is 0 Å².